The van der Waals surface area contributed by atoms with Crippen LogP contribution in [0.3, 0.4) is 0 Å². The lowest BCUT2D eigenvalue weighted by molar-refractivity contribution is -0.169. The molecule has 1 aliphatic carbocycles. The molecule has 2 aromatic rings. The zero-order valence-electron chi connectivity index (χ0n) is 21.9. The van der Waals surface area contributed by atoms with Gasteiger partial charge in [0.25, 0.3) is 11.8 Å². The number of hydrogen-bond acceptors (Lipinski definition) is 8. The maximum atomic E-state index is 13.6. The molecule has 1 saturated carbocycles. The fraction of sp³-hybridized carbons (Fsp3) is 0.464. The number of cyclic esters (lactones) is 1. The van der Waals surface area contributed by atoms with Crippen LogP contribution < -0.4 is 16.0 Å². The van der Waals surface area contributed by atoms with Crippen molar-refractivity contribution in [1.82, 2.24) is 20.9 Å². The quantitative estimate of drug-likeness (QED) is 0.349. The second kappa shape index (κ2) is 12.2. The molecule has 4 rings (SSSR count). The van der Waals surface area contributed by atoms with Crippen LogP contribution in [0.15, 0.2) is 48.8 Å². The number of phenolic OH excluding ortho intramolecular Hbond substituents is 1. The summed E-state index contributed by atoms with van der Waals surface area (Å²) in [6.07, 6.45) is 3.18. The molecule has 3 amide bonds. The van der Waals surface area contributed by atoms with Crippen molar-refractivity contribution in [3.05, 3.63) is 59.9 Å². The zero-order valence-corrected chi connectivity index (χ0v) is 21.9. The minimum Gasteiger partial charge on any atom is -0.507 e. The van der Waals surface area contributed by atoms with Gasteiger partial charge in [-0.1, -0.05) is 24.6 Å². The summed E-state index contributed by atoms with van der Waals surface area (Å²) in [6, 6.07) is 6.22. The second-order valence-electron chi connectivity index (χ2n) is 10.3. The lowest BCUT2D eigenvalue weighted by Crippen LogP contribution is -2.63. The van der Waals surface area contributed by atoms with Crippen molar-refractivity contribution in [2.45, 2.75) is 69.9 Å². The molecule has 2 fully saturated rings. The molecule has 0 radical (unpaired) electrons. The van der Waals surface area contributed by atoms with Gasteiger partial charge in [0.05, 0.1) is 29.7 Å². The molecule has 208 valence electrons. The Kier molecular flexibility index (Phi) is 8.80. The number of para-hydroxylation sites is 1. The molecule has 0 bridgehead atoms. The number of aromatic hydroxyl groups is 1. The van der Waals surface area contributed by atoms with E-state index in [9.17, 15) is 29.4 Å². The largest absolute Gasteiger partial charge is 0.507 e. The molecule has 2 aliphatic rings. The lowest BCUT2D eigenvalue weighted by atomic mass is 9.80. The number of pyridine rings is 1. The van der Waals surface area contributed by atoms with E-state index >= 15 is 0 Å². The Hall–Kier alpha value is -3.99. The van der Waals surface area contributed by atoms with E-state index in [1.165, 1.54) is 19.1 Å². The maximum Gasteiger partial charge on any atom is 0.312 e. The Morgan fingerprint density at radius 2 is 1.82 bits per heavy atom. The summed E-state index contributed by atoms with van der Waals surface area (Å²) >= 11 is 0. The molecule has 1 unspecified atom stereocenters. The summed E-state index contributed by atoms with van der Waals surface area (Å²) in [5.74, 6) is -4.23. The van der Waals surface area contributed by atoms with Crippen LogP contribution in [0.5, 0.6) is 5.75 Å². The average Bonchev–Trinajstić information content (AvgIpc) is 2.89. The number of aliphatic hydroxyl groups is 1. The minimum absolute atomic E-state index is 0.0446. The lowest BCUT2D eigenvalue weighted by Gasteiger charge is -2.37. The van der Waals surface area contributed by atoms with Crippen LogP contribution in [0, 0.1) is 11.8 Å². The van der Waals surface area contributed by atoms with E-state index in [1.807, 2.05) is 0 Å². The Morgan fingerprint density at radius 3 is 2.46 bits per heavy atom. The number of amides is 3. The van der Waals surface area contributed by atoms with E-state index in [4.69, 9.17) is 4.74 Å². The average molecular weight is 539 g/mol. The number of carbonyl (C=O) groups excluding carboxylic acids is 4. The van der Waals surface area contributed by atoms with E-state index in [2.05, 4.69) is 20.9 Å². The summed E-state index contributed by atoms with van der Waals surface area (Å²) in [7, 11) is 0. The third-order valence-electron chi connectivity index (χ3n) is 7.47. The van der Waals surface area contributed by atoms with Gasteiger partial charge >= 0.3 is 5.97 Å². The van der Waals surface area contributed by atoms with Crippen molar-refractivity contribution >= 4 is 23.7 Å². The van der Waals surface area contributed by atoms with Crippen LogP contribution in [0.1, 0.15) is 49.0 Å². The standard InChI is InChI=1S/C28H34N4O7/c1-15-23(34)20(13-17-7-6-12-29-14-17)31-26(36)22(32-25(35)19-10-3-4-11-21(19)33)16(2)30-27(37)24(39-28(15)38)18-8-5-9-18/h3-4,6-7,10-12,14-16,18,20,22-24,33-34H,5,8-9,13H2,1-2H3,(H,30,37)(H,31,36)(H,32,35)/t15-,16-,20+,22+,23+,24?/m1/s1. The molecule has 1 aliphatic heterocycles. The Bertz CT molecular complexity index is 1200. The summed E-state index contributed by atoms with van der Waals surface area (Å²) in [5, 5.41) is 29.5. The highest BCUT2D eigenvalue weighted by molar-refractivity contribution is 6.00. The van der Waals surface area contributed by atoms with E-state index < -0.39 is 59.9 Å². The molecule has 11 nitrogen and oxygen atoms in total. The van der Waals surface area contributed by atoms with Crippen molar-refractivity contribution in [2.75, 3.05) is 0 Å². The molecule has 1 aromatic heterocycles. The van der Waals surface area contributed by atoms with Gasteiger partial charge in [-0.15, -0.1) is 0 Å². The molecule has 11 heteroatoms. The van der Waals surface area contributed by atoms with Crippen molar-refractivity contribution in [3.8, 4) is 5.75 Å². The number of esters is 1. The number of benzene rings is 1. The van der Waals surface area contributed by atoms with Gasteiger partial charge < -0.3 is 30.9 Å². The highest BCUT2D eigenvalue weighted by atomic mass is 16.5. The van der Waals surface area contributed by atoms with Crippen LogP contribution in [-0.2, 0) is 25.5 Å². The highest BCUT2D eigenvalue weighted by Gasteiger charge is 2.42. The number of aromatic nitrogens is 1. The molecule has 0 spiro atoms. The Balaban J connectivity index is 1.67. The minimum atomic E-state index is -1.36. The van der Waals surface area contributed by atoms with Gasteiger partial charge in [0.1, 0.15) is 11.8 Å². The molecule has 6 atom stereocenters. The van der Waals surface area contributed by atoms with E-state index in [1.54, 1.807) is 43.6 Å². The van der Waals surface area contributed by atoms with Gasteiger partial charge in [0, 0.05) is 18.3 Å². The number of phenols is 1. The number of ether oxygens (including phenoxy) is 1. The number of carbonyl (C=O) groups is 4. The molecular formula is C28H34N4O7. The molecule has 39 heavy (non-hydrogen) atoms. The Morgan fingerprint density at radius 1 is 1.08 bits per heavy atom. The van der Waals surface area contributed by atoms with Gasteiger partial charge in [-0.2, -0.15) is 0 Å². The third-order valence-corrected chi connectivity index (χ3v) is 7.47. The predicted molar refractivity (Wildman–Crippen MR) is 139 cm³/mol. The van der Waals surface area contributed by atoms with Crippen LogP contribution in [-0.4, -0.2) is 69.2 Å². The van der Waals surface area contributed by atoms with Crippen molar-refractivity contribution < 1.29 is 34.1 Å². The molecule has 5 N–H and O–H groups in total. The fourth-order valence-corrected chi connectivity index (χ4v) is 4.82. The molecule has 2 heterocycles. The first-order valence-corrected chi connectivity index (χ1v) is 13.1. The molecule has 1 saturated heterocycles. The summed E-state index contributed by atoms with van der Waals surface area (Å²) in [4.78, 5) is 57.0. The van der Waals surface area contributed by atoms with Crippen LogP contribution in [0.4, 0.5) is 0 Å². The van der Waals surface area contributed by atoms with Crippen molar-refractivity contribution in [2.24, 2.45) is 11.8 Å². The smallest absolute Gasteiger partial charge is 0.312 e. The third kappa shape index (κ3) is 6.54. The Labute approximate surface area is 226 Å². The highest BCUT2D eigenvalue weighted by Crippen LogP contribution is 2.32. The predicted octanol–water partition coefficient (Wildman–Crippen LogP) is 0.840. The van der Waals surface area contributed by atoms with Crippen molar-refractivity contribution in [3.63, 3.8) is 0 Å². The number of hydrogen-bond donors (Lipinski definition) is 5. The molecular weight excluding hydrogens is 504 g/mol. The summed E-state index contributed by atoms with van der Waals surface area (Å²) < 4.78 is 5.64. The van der Waals surface area contributed by atoms with Gasteiger partial charge in [0.2, 0.25) is 5.91 Å². The first-order chi connectivity index (χ1) is 18.7. The van der Waals surface area contributed by atoms with Gasteiger partial charge in [-0.05, 0) is 56.9 Å². The number of nitrogens with zero attached hydrogens (tertiary/aromatic N) is 1. The van der Waals surface area contributed by atoms with Gasteiger partial charge in [0.15, 0.2) is 6.10 Å². The fourth-order valence-electron chi connectivity index (χ4n) is 4.82. The van der Waals surface area contributed by atoms with E-state index in [0.29, 0.717) is 18.4 Å². The van der Waals surface area contributed by atoms with E-state index in [-0.39, 0.29) is 23.7 Å². The topological polar surface area (TPSA) is 167 Å². The first-order valence-electron chi connectivity index (χ1n) is 13.1. The first kappa shape index (κ1) is 28.0. The van der Waals surface area contributed by atoms with Crippen LogP contribution >= 0.6 is 0 Å². The maximum absolute atomic E-state index is 13.6. The van der Waals surface area contributed by atoms with Crippen LogP contribution in [0.2, 0.25) is 0 Å². The molecule has 1 aromatic carbocycles. The second-order valence-corrected chi connectivity index (χ2v) is 10.3. The van der Waals surface area contributed by atoms with Gasteiger partial charge in [-0.3, -0.25) is 24.2 Å². The number of aliphatic hydroxyl groups excluding tert-OH is 1. The normalized spacial score (nSPS) is 28.5. The van der Waals surface area contributed by atoms with Crippen molar-refractivity contribution in [1.29, 1.82) is 0 Å². The summed E-state index contributed by atoms with van der Waals surface area (Å²) in [5.41, 5.74) is 0.662. The number of rotatable bonds is 5. The summed E-state index contributed by atoms with van der Waals surface area (Å²) in [6.45, 7) is 3.03. The van der Waals surface area contributed by atoms with Gasteiger partial charge in [-0.25, -0.2) is 0 Å². The zero-order chi connectivity index (χ0) is 28.1. The monoisotopic (exact) mass is 538 g/mol. The van der Waals surface area contributed by atoms with Crippen LogP contribution in [0.25, 0.3) is 0 Å². The van der Waals surface area contributed by atoms with E-state index in [0.717, 1.165) is 6.42 Å². The SMILES string of the molecule is C[C@H]1NC(=O)C(C2CCC2)OC(=O)[C@H](C)[C@H](O)[C@H](Cc2cccnc2)NC(=O)[C@H]1NC(=O)c1ccccc1O. The number of nitrogens with one attached hydrogen (secondary N) is 3.